The van der Waals surface area contributed by atoms with E-state index in [1.807, 2.05) is 0 Å². The van der Waals surface area contributed by atoms with E-state index in [9.17, 15) is 18.6 Å². The molecular formula is C20H35NO4S. The van der Waals surface area contributed by atoms with E-state index in [0.717, 1.165) is 51.4 Å². The number of sulfonamides is 1. The summed E-state index contributed by atoms with van der Waals surface area (Å²) in [6, 6.07) is 4.61. The Morgan fingerprint density at radius 3 is 1.81 bits per heavy atom. The highest BCUT2D eigenvalue weighted by Gasteiger charge is 2.24. The van der Waals surface area contributed by atoms with Gasteiger partial charge in [-0.2, -0.15) is 4.31 Å². The maximum Gasteiger partial charge on any atom is 0.243 e. The molecule has 1 rings (SSSR count). The third kappa shape index (κ3) is 6.99. The molecule has 26 heavy (non-hydrogen) atoms. The molecule has 0 bridgehead atoms. The zero-order valence-corrected chi connectivity index (χ0v) is 17.1. The smallest absolute Gasteiger partial charge is 0.243 e. The van der Waals surface area contributed by atoms with E-state index in [4.69, 9.17) is 0 Å². The third-order valence-corrected chi connectivity index (χ3v) is 6.57. The summed E-state index contributed by atoms with van der Waals surface area (Å²) in [7, 11) is -3.59. The van der Waals surface area contributed by atoms with Gasteiger partial charge < -0.3 is 10.2 Å². The average Bonchev–Trinajstić information content (AvgIpc) is 2.65. The number of rotatable bonds is 14. The monoisotopic (exact) mass is 385 g/mol. The summed E-state index contributed by atoms with van der Waals surface area (Å²) >= 11 is 0. The minimum absolute atomic E-state index is 0.199. The normalized spacial score (nSPS) is 12.0. The molecule has 0 aliphatic heterocycles. The summed E-state index contributed by atoms with van der Waals surface area (Å²) in [4.78, 5) is 0.199. The number of nitrogens with zero attached hydrogens (tertiary/aromatic N) is 1. The predicted octanol–water partition coefficient (Wildman–Crippen LogP) is 3.82. The molecule has 1 aromatic rings. The standard InChI is InChI=1S/C20H35NO4S/c1-3-5-7-9-13-21(14-10-8-6-4-2)26(24,25)20-12-11-18(16-22)19(15-20)17-23/h11-12,15,22-23H,3-10,13-14,16-17H2,1-2H3. The van der Waals surface area contributed by atoms with Gasteiger partial charge in [0.05, 0.1) is 18.1 Å². The minimum Gasteiger partial charge on any atom is -0.392 e. The van der Waals surface area contributed by atoms with Crippen LogP contribution in [0.1, 0.15) is 76.3 Å². The molecule has 0 heterocycles. The molecule has 0 unspecified atom stereocenters. The molecule has 150 valence electrons. The summed E-state index contributed by atoms with van der Waals surface area (Å²) in [5.41, 5.74) is 1.02. The highest BCUT2D eigenvalue weighted by Crippen LogP contribution is 2.22. The van der Waals surface area contributed by atoms with Crippen LogP contribution in [0.15, 0.2) is 23.1 Å². The molecule has 0 saturated heterocycles. The molecular weight excluding hydrogens is 350 g/mol. The molecule has 0 aliphatic rings. The number of aliphatic hydroxyl groups is 2. The maximum atomic E-state index is 13.1. The number of benzene rings is 1. The zero-order valence-electron chi connectivity index (χ0n) is 16.3. The van der Waals surface area contributed by atoms with Crippen molar-refractivity contribution in [2.75, 3.05) is 13.1 Å². The van der Waals surface area contributed by atoms with E-state index >= 15 is 0 Å². The Bertz CT molecular complexity index is 604. The van der Waals surface area contributed by atoms with Crippen LogP contribution < -0.4 is 0 Å². The van der Waals surface area contributed by atoms with Crippen molar-refractivity contribution in [3.05, 3.63) is 29.3 Å². The van der Waals surface area contributed by atoms with Gasteiger partial charge >= 0.3 is 0 Å². The second-order valence-electron chi connectivity index (χ2n) is 6.77. The van der Waals surface area contributed by atoms with Crippen LogP contribution in [0.2, 0.25) is 0 Å². The van der Waals surface area contributed by atoms with Crippen molar-refractivity contribution in [1.29, 1.82) is 0 Å². The molecule has 6 heteroatoms. The number of hydrogen-bond donors (Lipinski definition) is 2. The lowest BCUT2D eigenvalue weighted by Gasteiger charge is -2.23. The molecule has 0 aliphatic carbocycles. The van der Waals surface area contributed by atoms with Crippen molar-refractivity contribution in [3.8, 4) is 0 Å². The fourth-order valence-corrected chi connectivity index (χ4v) is 4.56. The van der Waals surface area contributed by atoms with Crippen LogP contribution in [-0.4, -0.2) is 36.0 Å². The van der Waals surface area contributed by atoms with Crippen molar-refractivity contribution < 1.29 is 18.6 Å². The lowest BCUT2D eigenvalue weighted by Crippen LogP contribution is -2.33. The van der Waals surface area contributed by atoms with Gasteiger partial charge in [0.2, 0.25) is 10.0 Å². The first-order valence-corrected chi connectivity index (χ1v) is 11.3. The Morgan fingerprint density at radius 1 is 0.808 bits per heavy atom. The molecule has 2 N–H and O–H groups in total. The topological polar surface area (TPSA) is 77.8 Å². The third-order valence-electron chi connectivity index (χ3n) is 4.68. The summed E-state index contributed by atoms with van der Waals surface area (Å²) < 4.78 is 27.8. The van der Waals surface area contributed by atoms with Gasteiger partial charge in [0, 0.05) is 13.1 Å². The number of hydrogen-bond acceptors (Lipinski definition) is 4. The van der Waals surface area contributed by atoms with Crippen molar-refractivity contribution in [2.45, 2.75) is 83.3 Å². The van der Waals surface area contributed by atoms with Crippen LogP contribution in [0.25, 0.3) is 0 Å². The molecule has 0 atom stereocenters. The van der Waals surface area contributed by atoms with Gasteiger partial charge in [-0.25, -0.2) is 8.42 Å². The van der Waals surface area contributed by atoms with Gasteiger partial charge in [-0.1, -0.05) is 58.4 Å². The zero-order chi connectivity index (χ0) is 19.4. The van der Waals surface area contributed by atoms with Crippen molar-refractivity contribution in [2.24, 2.45) is 0 Å². The molecule has 0 radical (unpaired) electrons. The van der Waals surface area contributed by atoms with Gasteiger partial charge in [0.1, 0.15) is 0 Å². The summed E-state index contributed by atoms with van der Waals surface area (Å²) in [6.07, 6.45) is 8.25. The molecule has 0 saturated carbocycles. The summed E-state index contributed by atoms with van der Waals surface area (Å²) in [5, 5.41) is 18.8. The van der Waals surface area contributed by atoms with E-state index in [-0.39, 0.29) is 18.1 Å². The molecule has 5 nitrogen and oxygen atoms in total. The van der Waals surface area contributed by atoms with Crippen LogP contribution in [-0.2, 0) is 23.2 Å². The Labute approximate surface area is 159 Å². The van der Waals surface area contributed by atoms with Gasteiger partial charge in [0.15, 0.2) is 0 Å². The fraction of sp³-hybridized carbons (Fsp3) is 0.700. The van der Waals surface area contributed by atoms with Gasteiger partial charge in [-0.05, 0) is 36.1 Å². The van der Waals surface area contributed by atoms with Crippen LogP contribution in [0.5, 0.6) is 0 Å². The van der Waals surface area contributed by atoms with Crippen LogP contribution >= 0.6 is 0 Å². The number of unbranched alkanes of at least 4 members (excludes halogenated alkanes) is 6. The Morgan fingerprint density at radius 2 is 1.35 bits per heavy atom. The van der Waals surface area contributed by atoms with Gasteiger partial charge in [0.25, 0.3) is 0 Å². The first-order chi connectivity index (χ1) is 12.5. The van der Waals surface area contributed by atoms with Crippen molar-refractivity contribution in [1.82, 2.24) is 4.31 Å². The van der Waals surface area contributed by atoms with E-state index in [2.05, 4.69) is 13.8 Å². The molecule has 0 amide bonds. The maximum absolute atomic E-state index is 13.1. The van der Waals surface area contributed by atoms with Crippen LogP contribution in [0, 0.1) is 0 Å². The fourth-order valence-electron chi connectivity index (χ4n) is 3.00. The molecule has 0 aromatic heterocycles. The average molecular weight is 386 g/mol. The second kappa shape index (κ2) is 12.4. The van der Waals surface area contributed by atoms with E-state index in [1.54, 1.807) is 10.4 Å². The summed E-state index contributed by atoms with van der Waals surface area (Å²) in [6.45, 7) is 4.84. The second-order valence-corrected chi connectivity index (χ2v) is 8.71. The minimum atomic E-state index is -3.59. The highest BCUT2D eigenvalue weighted by atomic mass is 32.2. The Kier molecular flexibility index (Phi) is 11.0. The molecule has 0 spiro atoms. The predicted molar refractivity (Wildman–Crippen MR) is 105 cm³/mol. The molecule has 0 fully saturated rings. The quantitative estimate of drug-likeness (QED) is 0.477. The van der Waals surface area contributed by atoms with Gasteiger partial charge in [-0.3, -0.25) is 0 Å². The SMILES string of the molecule is CCCCCCN(CCCCCC)S(=O)(=O)c1ccc(CO)c(CO)c1. The van der Waals surface area contributed by atoms with Crippen molar-refractivity contribution >= 4 is 10.0 Å². The van der Waals surface area contributed by atoms with Crippen LogP contribution in [0.4, 0.5) is 0 Å². The van der Waals surface area contributed by atoms with Gasteiger partial charge in [-0.15, -0.1) is 0 Å². The van der Waals surface area contributed by atoms with E-state index in [1.165, 1.54) is 12.1 Å². The van der Waals surface area contributed by atoms with Crippen molar-refractivity contribution in [3.63, 3.8) is 0 Å². The Balaban J connectivity index is 2.96. The first kappa shape index (κ1) is 23.1. The lowest BCUT2D eigenvalue weighted by atomic mass is 10.1. The number of aliphatic hydroxyl groups excluding tert-OH is 2. The largest absolute Gasteiger partial charge is 0.392 e. The van der Waals surface area contributed by atoms with E-state index < -0.39 is 10.0 Å². The lowest BCUT2D eigenvalue weighted by molar-refractivity contribution is 0.259. The highest BCUT2D eigenvalue weighted by molar-refractivity contribution is 7.89. The summed E-state index contributed by atoms with van der Waals surface area (Å²) in [5.74, 6) is 0. The van der Waals surface area contributed by atoms with E-state index in [0.29, 0.717) is 24.2 Å². The molecule has 1 aromatic carbocycles. The Hall–Kier alpha value is -0.950. The van der Waals surface area contributed by atoms with Crippen LogP contribution in [0.3, 0.4) is 0 Å². The first-order valence-electron chi connectivity index (χ1n) is 9.84.